The van der Waals surface area contributed by atoms with E-state index in [0.717, 1.165) is 0 Å². The lowest BCUT2D eigenvalue weighted by atomic mass is 10.0. The summed E-state index contributed by atoms with van der Waals surface area (Å²) in [5.74, 6) is -2.92. The zero-order chi connectivity index (χ0) is 14.6. The maximum Gasteiger partial charge on any atom is 0.328 e. The first-order valence-electron chi connectivity index (χ1n) is 5.81. The molecule has 1 aromatic heterocycles. The monoisotopic (exact) mass is 273 g/mol. The van der Waals surface area contributed by atoms with E-state index in [1.165, 1.54) is 7.11 Å². The molecule has 1 aromatic rings. The van der Waals surface area contributed by atoms with Crippen molar-refractivity contribution in [2.75, 3.05) is 18.2 Å². The van der Waals surface area contributed by atoms with Crippen LogP contribution in [0.5, 0.6) is 0 Å². The van der Waals surface area contributed by atoms with Crippen LogP contribution in [0.25, 0.3) is 0 Å². The molecular formula is C12H17F2N3O2. The van der Waals surface area contributed by atoms with Gasteiger partial charge in [-0.3, -0.25) is 0 Å². The summed E-state index contributed by atoms with van der Waals surface area (Å²) in [6.45, 7) is 3.81. The van der Waals surface area contributed by atoms with E-state index >= 15 is 0 Å². The molecular weight excluding hydrogens is 256 g/mol. The maximum atomic E-state index is 13.5. The average Bonchev–Trinajstić information content (AvgIpc) is 2.33. The Bertz CT molecular complexity index is 467. The van der Waals surface area contributed by atoms with Crippen molar-refractivity contribution in [1.29, 1.82) is 0 Å². The fraction of sp³-hybridized carbons (Fsp3) is 0.500. The Labute approximate surface area is 110 Å². The Kier molecular flexibility index (Phi) is 5.02. The number of pyridine rings is 1. The van der Waals surface area contributed by atoms with Gasteiger partial charge in [-0.15, -0.1) is 0 Å². The van der Waals surface area contributed by atoms with E-state index in [2.05, 4.69) is 15.0 Å². The van der Waals surface area contributed by atoms with Gasteiger partial charge in [0.25, 0.3) is 0 Å². The molecule has 0 saturated carbocycles. The molecule has 0 aliphatic rings. The van der Waals surface area contributed by atoms with E-state index < -0.39 is 29.5 Å². The van der Waals surface area contributed by atoms with Gasteiger partial charge in [-0.2, -0.15) is 0 Å². The number of hydrogen-bond donors (Lipinski definition) is 2. The molecule has 0 spiro atoms. The number of carbonyl (C=O) groups excluding carboxylic acids is 1. The summed E-state index contributed by atoms with van der Waals surface area (Å²) < 4.78 is 31.1. The minimum absolute atomic E-state index is 0.178. The largest absolute Gasteiger partial charge is 0.467 e. The molecule has 5 nitrogen and oxygen atoms in total. The highest BCUT2D eigenvalue weighted by Crippen LogP contribution is 2.19. The number of rotatable bonds is 5. The molecule has 0 fully saturated rings. The first-order valence-corrected chi connectivity index (χ1v) is 5.81. The maximum absolute atomic E-state index is 13.5. The summed E-state index contributed by atoms with van der Waals surface area (Å²) in [4.78, 5) is 15.1. The lowest BCUT2D eigenvalue weighted by molar-refractivity contribution is -0.141. The number of nitrogens with zero attached hydrogens (tertiary/aromatic N) is 1. The number of ether oxygens (including phenoxy) is 1. The Morgan fingerprint density at radius 1 is 1.47 bits per heavy atom. The molecule has 0 aromatic carbocycles. The molecule has 0 aliphatic carbocycles. The lowest BCUT2D eigenvalue weighted by Crippen LogP contribution is -2.33. The van der Waals surface area contributed by atoms with Crippen molar-refractivity contribution in [3.63, 3.8) is 0 Å². The van der Waals surface area contributed by atoms with Crippen molar-refractivity contribution in [2.45, 2.75) is 26.3 Å². The zero-order valence-electron chi connectivity index (χ0n) is 11.0. The van der Waals surface area contributed by atoms with Gasteiger partial charge in [-0.05, 0) is 12.3 Å². The molecule has 1 unspecified atom stereocenters. The predicted octanol–water partition coefficient (Wildman–Crippen LogP) is 1.94. The normalized spacial score (nSPS) is 12.3. The second kappa shape index (κ2) is 6.31. The van der Waals surface area contributed by atoms with Gasteiger partial charge in [-0.25, -0.2) is 18.6 Å². The second-order valence-electron chi connectivity index (χ2n) is 4.54. The zero-order valence-corrected chi connectivity index (χ0v) is 11.0. The van der Waals surface area contributed by atoms with Gasteiger partial charge in [0.05, 0.1) is 7.11 Å². The van der Waals surface area contributed by atoms with Crippen LogP contribution in [-0.4, -0.2) is 24.1 Å². The standard InChI is InChI=1S/C12H17F2N3O2/c1-6(2)4-9(12(18)19-3)16-11-8(14)5-7(13)10(15)17-11/h5-6,9H,4H2,1-3H3,(H3,15,16,17). The molecule has 1 heterocycles. The summed E-state index contributed by atoms with van der Waals surface area (Å²) in [7, 11) is 1.24. The van der Waals surface area contributed by atoms with E-state index in [0.29, 0.717) is 12.5 Å². The van der Waals surface area contributed by atoms with Crippen LogP contribution in [0.1, 0.15) is 20.3 Å². The molecule has 0 radical (unpaired) electrons. The lowest BCUT2D eigenvalue weighted by Gasteiger charge is -2.19. The summed E-state index contributed by atoms with van der Waals surface area (Å²) in [6, 6.07) is -0.147. The SMILES string of the molecule is COC(=O)C(CC(C)C)Nc1nc(N)c(F)cc1F. The summed E-state index contributed by atoms with van der Waals surface area (Å²) in [5.41, 5.74) is 5.27. The van der Waals surface area contributed by atoms with Crippen LogP contribution in [0.3, 0.4) is 0 Å². The van der Waals surface area contributed by atoms with Crippen LogP contribution < -0.4 is 11.1 Å². The van der Waals surface area contributed by atoms with Crippen molar-refractivity contribution in [1.82, 2.24) is 4.98 Å². The van der Waals surface area contributed by atoms with Crippen LogP contribution in [0.4, 0.5) is 20.4 Å². The minimum Gasteiger partial charge on any atom is -0.467 e. The highest BCUT2D eigenvalue weighted by atomic mass is 19.1. The van der Waals surface area contributed by atoms with Gasteiger partial charge in [0, 0.05) is 6.07 Å². The third-order valence-electron chi connectivity index (χ3n) is 2.46. The highest BCUT2D eigenvalue weighted by molar-refractivity contribution is 5.78. The molecule has 7 heteroatoms. The number of nitrogens with two attached hydrogens (primary N) is 1. The van der Waals surface area contributed by atoms with Gasteiger partial charge in [0.2, 0.25) is 0 Å². The van der Waals surface area contributed by atoms with Crippen molar-refractivity contribution in [2.24, 2.45) is 5.92 Å². The van der Waals surface area contributed by atoms with Crippen molar-refractivity contribution < 1.29 is 18.3 Å². The average molecular weight is 273 g/mol. The van der Waals surface area contributed by atoms with Crippen LogP contribution in [-0.2, 0) is 9.53 Å². The number of halogens is 2. The second-order valence-corrected chi connectivity index (χ2v) is 4.54. The van der Waals surface area contributed by atoms with Crippen LogP contribution in [0.2, 0.25) is 0 Å². The number of anilines is 2. The number of carbonyl (C=O) groups is 1. The van der Waals surface area contributed by atoms with Gasteiger partial charge in [0.1, 0.15) is 6.04 Å². The minimum atomic E-state index is -0.943. The number of esters is 1. The molecule has 1 rings (SSSR count). The number of aromatic nitrogens is 1. The molecule has 0 bridgehead atoms. The number of nitrogen functional groups attached to an aromatic ring is 1. The fourth-order valence-corrected chi connectivity index (χ4v) is 1.57. The molecule has 3 N–H and O–H groups in total. The van der Waals surface area contributed by atoms with Crippen LogP contribution in [0.15, 0.2) is 6.07 Å². The molecule has 0 aliphatic heterocycles. The highest BCUT2D eigenvalue weighted by Gasteiger charge is 2.22. The van der Waals surface area contributed by atoms with E-state index in [1.54, 1.807) is 0 Å². The summed E-state index contributed by atoms with van der Waals surface area (Å²) in [5, 5.41) is 2.59. The molecule has 19 heavy (non-hydrogen) atoms. The third-order valence-corrected chi connectivity index (χ3v) is 2.46. The third kappa shape index (κ3) is 4.04. The molecule has 0 saturated heterocycles. The van der Waals surface area contributed by atoms with Gasteiger partial charge < -0.3 is 15.8 Å². The molecule has 0 amide bonds. The van der Waals surface area contributed by atoms with E-state index in [4.69, 9.17) is 5.73 Å². The summed E-state index contributed by atoms with van der Waals surface area (Å²) in [6.07, 6.45) is 0.422. The van der Waals surface area contributed by atoms with Crippen molar-refractivity contribution >= 4 is 17.6 Å². The topological polar surface area (TPSA) is 77.2 Å². The fourth-order valence-electron chi connectivity index (χ4n) is 1.57. The van der Waals surface area contributed by atoms with E-state index in [9.17, 15) is 13.6 Å². The van der Waals surface area contributed by atoms with Gasteiger partial charge in [-0.1, -0.05) is 13.8 Å². The number of hydrogen-bond acceptors (Lipinski definition) is 5. The summed E-state index contributed by atoms with van der Waals surface area (Å²) >= 11 is 0. The van der Waals surface area contributed by atoms with Gasteiger partial charge >= 0.3 is 5.97 Å². The van der Waals surface area contributed by atoms with Crippen molar-refractivity contribution in [3.8, 4) is 0 Å². The number of methoxy groups -OCH3 is 1. The Hall–Kier alpha value is -1.92. The quantitative estimate of drug-likeness (QED) is 0.802. The van der Waals surface area contributed by atoms with Crippen LogP contribution >= 0.6 is 0 Å². The molecule has 1 atom stereocenters. The van der Waals surface area contributed by atoms with Gasteiger partial charge in [0.15, 0.2) is 23.3 Å². The Balaban J connectivity index is 2.96. The molecule has 106 valence electrons. The van der Waals surface area contributed by atoms with E-state index in [-0.39, 0.29) is 11.7 Å². The smallest absolute Gasteiger partial charge is 0.328 e. The van der Waals surface area contributed by atoms with Crippen molar-refractivity contribution in [3.05, 3.63) is 17.7 Å². The first kappa shape index (κ1) is 15.1. The van der Waals surface area contributed by atoms with Crippen LogP contribution in [0, 0.1) is 17.6 Å². The Morgan fingerprint density at radius 3 is 2.63 bits per heavy atom. The first-order chi connectivity index (χ1) is 8.85. The predicted molar refractivity (Wildman–Crippen MR) is 67.4 cm³/mol. The van der Waals surface area contributed by atoms with E-state index in [1.807, 2.05) is 13.8 Å². The number of nitrogens with one attached hydrogen (secondary N) is 1. The Morgan fingerprint density at radius 2 is 2.11 bits per heavy atom.